The second-order valence-electron chi connectivity index (χ2n) is 10.8. The molecule has 4 aromatic rings. The lowest BCUT2D eigenvalue weighted by Crippen LogP contribution is -2.49. The van der Waals surface area contributed by atoms with Crippen molar-refractivity contribution in [2.75, 3.05) is 13.6 Å². The Morgan fingerprint density at radius 1 is 0.909 bits per heavy atom. The molecule has 222 valence electrons. The van der Waals surface area contributed by atoms with Crippen LogP contribution < -0.4 is 15.4 Å². The molecule has 2 N–H and O–H groups in total. The number of hydrogen-bond acceptors (Lipinski definition) is 4. The summed E-state index contributed by atoms with van der Waals surface area (Å²) in [6, 6.07) is 30.1. The SMILES string of the molecule is CN1C(=O)NC(c2cccc(Oc3ccccc3)c2)C2=C1CN(C(Cc1ccccc1)C(=O)NCc1cccc(F)c1)C2=O. The van der Waals surface area contributed by atoms with Gasteiger partial charge >= 0.3 is 6.03 Å². The predicted octanol–water partition coefficient (Wildman–Crippen LogP) is 5.34. The predicted molar refractivity (Wildman–Crippen MR) is 163 cm³/mol. The van der Waals surface area contributed by atoms with Gasteiger partial charge in [0.2, 0.25) is 5.91 Å². The molecule has 4 amide bonds. The van der Waals surface area contributed by atoms with Gasteiger partial charge in [0.25, 0.3) is 5.91 Å². The van der Waals surface area contributed by atoms with Crippen LogP contribution in [0.5, 0.6) is 11.5 Å². The molecule has 44 heavy (non-hydrogen) atoms. The van der Waals surface area contributed by atoms with E-state index in [9.17, 15) is 18.8 Å². The maximum atomic E-state index is 14.2. The molecule has 0 radical (unpaired) electrons. The number of nitrogens with one attached hydrogen (secondary N) is 2. The lowest BCUT2D eigenvalue weighted by atomic mass is 9.95. The first-order valence-corrected chi connectivity index (χ1v) is 14.3. The van der Waals surface area contributed by atoms with Crippen molar-refractivity contribution < 1.29 is 23.5 Å². The highest BCUT2D eigenvalue weighted by molar-refractivity contribution is 6.03. The van der Waals surface area contributed by atoms with Gasteiger partial charge in [0.15, 0.2) is 0 Å². The Labute approximate surface area is 254 Å². The van der Waals surface area contributed by atoms with Gasteiger partial charge in [-0.2, -0.15) is 0 Å². The van der Waals surface area contributed by atoms with Crippen LogP contribution in [0.25, 0.3) is 0 Å². The third kappa shape index (κ3) is 6.03. The Morgan fingerprint density at radius 3 is 2.34 bits per heavy atom. The molecular formula is C35H31FN4O4. The highest BCUT2D eigenvalue weighted by atomic mass is 19.1. The Bertz CT molecular complexity index is 1730. The van der Waals surface area contributed by atoms with Crippen LogP contribution in [-0.2, 0) is 22.6 Å². The minimum absolute atomic E-state index is 0.0830. The van der Waals surface area contributed by atoms with E-state index in [1.54, 1.807) is 25.2 Å². The molecule has 0 aliphatic carbocycles. The van der Waals surface area contributed by atoms with Gasteiger partial charge in [-0.1, -0.05) is 72.8 Å². The fourth-order valence-corrected chi connectivity index (χ4v) is 5.61. The van der Waals surface area contributed by atoms with E-state index in [1.165, 1.54) is 21.9 Å². The molecule has 0 saturated carbocycles. The monoisotopic (exact) mass is 590 g/mol. The number of hydrogen-bond donors (Lipinski definition) is 2. The second-order valence-corrected chi connectivity index (χ2v) is 10.8. The highest BCUT2D eigenvalue weighted by Crippen LogP contribution is 2.38. The molecule has 0 saturated heterocycles. The van der Waals surface area contributed by atoms with Crippen LogP contribution >= 0.6 is 0 Å². The van der Waals surface area contributed by atoms with Gasteiger partial charge in [-0.15, -0.1) is 0 Å². The van der Waals surface area contributed by atoms with Gasteiger partial charge < -0.3 is 20.3 Å². The van der Waals surface area contributed by atoms with E-state index in [1.807, 2.05) is 78.9 Å². The zero-order chi connectivity index (χ0) is 30.6. The topological polar surface area (TPSA) is 91.0 Å². The van der Waals surface area contributed by atoms with E-state index < -0.39 is 17.9 Å². The number of rotatable bonds is 9. The summed E-state index contributed by atoms with van der Waals surface area (Å²) in [5, 5.41) is 5.84. The van der Waals surface area contributed by atoms with E-state index in [2.05, 4.69) is 10.6 Å². The standard InChI is InChI=1S/C35H31FN4O4/c1-39-30-22-40(29(19-23-10-4-2-5-11-23)33(41)37-21-24-12-8-14-26(36)18-24)34(42)31(30)32(38-35(39)43)25-13-9-17-28(20-25)44-27-15-6-3-7-16-27/h2-18,20,29,32H,19,21-22H2,1H3,(H,37,41)(H,38,43). The lowest BCUT2D eigenvalue weighted by Gasteiger charge is -2.31. The third-order valence-corrected chi connectivity index (χ3v) is 7.87. The van der Waals surface area contributed by atoms with Crippen molar-refractivity contribution >= 4 is 17.8 Å². The summed E-state index contributed by atoms with van der Waals surface area (Å²) in [5.41, 5.74) is 3.10. The Hall–Kier alpha value is -5.44. The lowest BCUT2D eigenvalue weighted by molar-refractivity contribution is -0.136. The smallest absolute Gasteiger partial charge is 0.322 e. The summed E-state index contributed by atoms with van der Waals surface area (Å²) >= 11 is 0. The summed E-state index contributed by atoms with van der Waals surface area (Å²) in [4.78, 5) is 44.0. The number of nitrogens with zero attached hydrogens (tertiary/aromatic N) is 2. The number of urea groups is 1. The molecule has 0 fully saturated rings. The van der Waals surface area contributed by atoms with Crippen molar-refractivity contribution in [3.63, 3.8) is 0 Å². The number of carbonyl (C=O) groups is 3. The maximum Gasteiger partial charge on any atom is 0.322 e. The van der Waals surface area contributed by atoms with Crippen molar-refractivity contribution in [2.45, 2.75) is 25.0 Å². The highest BCUT2D eigenvalue weighted by Gasteiger charge is 2.46. The van der Waals surface area contributed by atoms with Crippen LogP contribution in [0.15, 0.2) is 120 Å². The summed E-state index contributed by atoms with van der Waals surface area (Å²) < 4.78 is 19.8. The summed E-state index contributed by atoms with van der Waals surface area (Å²) in [5.74, 6) is 0.114. The molecule has 2 unspecified atom stereocenters. The quantitative estimate of drug-likeness (QED) is 0.276. The molecule has 0 bridgehead atoms. The molecule has 6 rings (SSSR count). The Kier molecular flexibility index (Phi) is 8.10. The van der Waals surface area contributed by atoms with Crippen LogP contribution in [0.1, 0.15) is 22.7 Å². The van der Waals surface area contributed by atoms with Gasteiger partial charge in [0, 0.05) is 20.0 Å². The van der Waals surface area contributed by atoms with Crippen molar-refractivity contribution in [2.24, 2.45) is 0 Å². The average Bonchev–Trinajstić information content (AvgIpc) is 3.38. The number of likely N-dealkylation sites (N-methyl/N-ethyl adjacent to an activating group) is 1. The largest absolute Gasteiger partial charge is 0.457 e. The number of amides is 4. The van der Waals surface area contributed by atoms with E-state index in [4.69, 9.17) is 4.74 Å². The van der Waals surface area contributed by atoms with Crippen molar-refractivity contribution in [3.05, 3.63) is 143 Å². The van der Waals surface area contributed by atoms with Crippen molar-refractivity contribution in [3.8, 4) is 11.5 Å². The molecule has 0 aromatic heterocycles. The third-order valence-electron chi connectivity index (χ3n) is 7.87. The molecule has 2 aliphatic heterocycles. The Morgan fingerprint density at radius 2 is 1.59 bits per heavy atom. The fraction of sp³-hybridized carbons (Fsp3) is 0.171. The normalized spacial score (nSPS) is 16.8. The molecule has 8 nitrogen and oxygen atoms in total. The molecule has 0 spiro atoms. The van der Waals surface area contributed by atoms with E-state index in [-0.39, 0.29) is 37.4 Å². The zero-order valence-corrected chi connectivity index (χ0v) is 24.1. The van der Waals surface area contributed by atoms with E-state index >= 15 is 0 Å². The maximum absolute atomic E-state index is 14.2. The fourth-order valence-electron chi connectivity index (χ4n) is 5.61. The molecular weight excluding hydrogens is 559 g/mol. The first-order valence-electron chi connectivity index (χ1n) is 14.3. The van der Waals surface area contributed by atoms with E-state index in [0.717, 1.165) is 5.56 Å². The first-order chi connectivity index (χ1) is 21.4. The van der Waals surface area contributed by atoms with Gasteiger partial charge in [-0.3, -0.25) is 14.5 Å². The molecule has 4 aromatic carbocycles. The van der Waals surface area contributed by atoms with Crippen LogP contribution in [0, 0.1) is 5.82 Å². The molecule has 2 heterocycles. The number of benzene rings is 4. The number of halogens is 1. The van der Waals surface area contributed by atoms with Gasteiger partial charge in [0.1, 0.15) is 23.4 Å². The Balaban J connectivity index is 1.29. The zero-order valence-electron chi connectivity index (χ0n) is 24.1. The van der Waals surface area contributed by atoms with Gasteiger partial charge in [-0.25, -0.2) is 9.18 Å². The van der Waals surface area contributed by atoms with Gasteiger partial charge in [0.05, 0.1) is 23.9 Å². The van der Waals surface area contributed by atoms with Crippen LogP contribution in [-0.4, -0.2) is 47.3 Å². The molecule has 2 aliphatic rings. The van der Waals surface area contributed by atoms with Crippen LogP contribution in [0.4, 0.5) is 9.18 Å². The number of para-hydroxylation sites is 1. The number of carbonyl (C=O) groups excluding carboxylic acids is 3. The van der Waals surface area contributed by atoms with Crippen molar-refractivity contribution in [1.82, 2.24) is 20.4 Å². The summed E-state index contributed by atoms with van der Waals surface area (Å²) in [6.45, 7) is 0.188. The molecule has 9 heteroatoms. The van der Waals surface area contributed by atoms with Crippen LogP contribution in [0.2, 0.25) is 0 Å². The van der Waals surface area contributed by atoms with E-state index in [0.29, 0.717) is 33.9 Å². The first kappa shape index (κ1) is 28.7. The second kappa shape index (κ2) is 12.4. The summed E-state index contributed by atoms with van der Waals surface area (Å²) in [6.07, 6.45) is 0.262. The molecule has 2 atom stereocenters. The van der Waals surface area contributed by atoms with Crippen molar-refractivity contribution in [1.29, 1.82) is 0 Å². The van der Waals surface area contributed by atoms with Crippen LogP contribution in [0.3, 0.4) is 0 Å². The number of ether oxygens (including phenoxy) is 1. The average molecular weight is 591 g/mol. The minimum atomic E-state index is -0.874. The van der Waals surface area contributed by atoms with Gasteiger partial charge in [-0.05, 0) is 53.1 Å². The summed E-state index contributed by atoms with van der Waals surface area (Å²) in [7, 11) is 1.61. The minimum Gasteiger partial charge on any atom is -0.457 e.